The van der Waals surface area contributed by atoms with Crippen LogP contribution in [0.15, 0.2) is 41.3 Å². The van der Waals surface area contributed by atoms with Crippen LogP contribution in [-0.2, 0) is 21.2 Å². The summed E-state index contributed by atoms with van der Waals surface area (Å²) in [7, 11) is -3.68. The largest absolute Gasteiger partial charge is 0.309 e. The van der Waals surface area contributed by atoms with Crippen LogP contribution in [0.5, 0.6) is 0 Å². The van der Waals surface area contributed by atoms with Crippen LogP contribution in [0.2, 0.25) is 0 Å². The topological polar surface area (TPSA) is 66.5 Å². The maximum Gasteiger partial charge on any atom is 0.261 e. The molecule has 5 nitrogen and oxygen atoms in total. The monoisotopic (exact) mass is 358 g/mol. The molecule has 1 aliphatic heterocycles. The van der Waals surface area contributed by atoms with E-state index >= 15 is 0 Å². The quantitative estimate of drug-likeness (QED) is 0.914. The van der Waals surface area contributed by atoms with E-state index in [0.29, 0.717) is 12.1 Å². The predicted molar refractivity (Wildman–Crippen MR) is 99.5 cm³/mol. The van der Waals surface area contributed by atoms with Crippen molar-refractivity contribution in [3.8, 4) is 0 Å². The van der Waals surface area contributed by atoms with Gasteiger partial charge in [0.1, 0.15) is 0 Å². The van der Waals surface area contributed by atoms with Crippen molar-refractivity contribution in [1.29, 1.82) is 0 Å². The Balaban J connectivity index is 1.96. The molecule has 0 aliphatic carbocycles. The first-order valence-electron chi connectivity index (χ1n) is 8.22. The van der Waals surface area contributed by atoms with Gasteiger partial charge in [0.15, 0.2) is 0 Å². The molecule has 0 fully saturated rings. The van der Waals surface area contributed by atoms with Gasteiger partial charge >= 0.3 is 0 Å². The fraction of sp³-hybridized carbons (Fsp3) is 0.316. The standard InChI is InChI=1S/C19H22N2O3S/c1-12-5-6-13(2)18(9-12)20-25(23,24)17-7-8-19-16(11-17)10-14(3)21(19)15(4)22/h5-9,11,14,20H,10H2,1-4H3. The second-order valence-corrected chi connectivity index (χ2v) is 8.34. The van der Waals surface area contributed by atoms with Gasteiger partial charge in [-0.2, -0.15) is 0 Å². The van der Waals surface area contributed by atoms with E-state index in [9.17, 15) is 13.2 Å². The lowest BCUT2D eigenvalue weighted by molar-refractivity contribution is -0.116. The Bertz CT molecular complexity index is 951. The lowest BCUT2D eigenvalue weighted by atomic mass is 10.1. The third-order valence-electron chi connectivity index (χ3n) is 4.55. The van der Waals surface area contributed by atoms with E-state index in [1.165, 1.54) is 6.92 Å². The number of sulfonamides is 1. The minimum atomic E-state index is -3.68. The molecule has 1 aliphatic rings. The highest BCUT2D eigenvalue weighted by Gasteiger charge is 2.30. The Morgan fingerprint density at radius 2 is 1.88 bits per heavy atom. The molecule has 0 spiro atoms. The third-order valence-corrected chi connectivity index (χ3v) is 5.92. The summed E-state index contributed by atoms with van der Waals surface area (Å²) >= 11 is 0. The summed E-state index contributed by atoms with van der Waals surface area (Å²) in [5, 5.41) is 0. The fourth-order valence-corrected chi connectivity index (χ4v) is 4.48. The molecule has 2 aromatic rings. The fourth-order valence-electron chi connectivity index (χ4n) is 3.30. The van der Waals surface area contributed by atoms with Gasteiger partial charge in [0.05, 0.1) is 10.6 Å². The molecule has 1 atom stereocenters. The van der Waals surface area contributed by atoms with E-state index in [4.69, 9.17) is 0 Å². The molecule has 0 saturated heterocycles. The number of amides is 1. The maximum absolute atomic E-state index is 12.8. The lowest BCUT2D eigenvalue weighted by Crippen LogP contribution is -2.33. The number of nitrogens with zero attached hydrogens (tertiary/aromatic N) is 1. The smallest absolute Gasteiger partial charge is 0.261 e. The first-order valence-corrected chi connectivity index (χ1v) is 9.70. The number of rotatable bonds is 3. The van der Waals surface area contributed by atoms with Crippen LogP contribution < -0.4 is 9.62 Å². The zero-order valence-electron chi connectivity index (χ0n) is 14.8. The van der Waals surface area contributed by atoms with Crippen molar-refractivity contribution in [2.75, 3.05) is 9.62 Å². The summed E-state index contributed by atoms with van der Waals surface area (Å²) in [5.41, 5.74) is 4.12. The van der Waals surface area contributed by atoms with Crippen LogP contribution in [0, 0.1) is 13.8 Å². The van der Waals surface area contributed by atoms with E-state index < -0.39 is 10.0 Å². The van der Waals surface area contributed by atoms with E-state index in [2.05, 4.69) is 4.72 Å². The first kappa shape index (κ1) is 17.5. The molecule has 132 valence electrons. The lowest BCUT2D eigenvalue weighted by Gasteiger charge is -2.20. The van der Waals surface area contributed by atoms with Crippen molar-refractivity contribution in [2.24, 2.45) is 0 Å². The SMILES string of the molecule is CC(=O)N1c2ccc(S(=O)(=O)Nc3cc(C)ccc3C)cc2CC1C. The van der Waals surface area contributed by atoms with Gasteiger partial charge in [0.2, 0.25) is 5.91 Å². The summed E-state index contributed by atoms with van der Waals surface area (Å²) in [4.78, 5) is 13.7. The minimum absolute atomic E-state index is 0.0321. The number of hydrogen-bond acceptors (Lipinski definition) is 3. The van der Waals surface area contributed by atoms with Crippen molar-refractivity contribution in [3.05, 3.63) is 53.1 Å². The highest BCUT2D eigenvalue weighted by Crippen LogP contribution is 2.34. The van der Waals surface area contributed by atoms with Crippen LogP contribution in [0.4, 0.5) is 11.4 Å². The molecular weight excluding hydrogens is 336 g/mol. The number of benzene rings is 2. The van der Waals surface area contributed by atoms with Gasteiger partial charge in [0.25, 0.3) is 10.0 Å². The normalized spacial score (nSPS) is 16.6. The average molecular weight is 358 g/mol. The van der Waals surface area contributed by atoms with Crippen molar-refractivity contribution in [1.82, 2.24) is 0 Å². The molecule has 3 rings (SSSR count). The van der Waals surface area contributed by atoms with Gasteiger partial charge in [-0.1, -0.05) is 12.1 Å². The summed E-state index contributed by atoms with van der Waals surface area (Å²) in [5.74, 6) is -0.0321. The molecule has 1 heterocycles. The number of fused-ring (bicyclic) bond motifs is 1. The molecule has 25 heavy (non-hydrogen) atoms. The molecule has 0 radical (unpaired) electrons. The first-order chi connectivity index (χ1) is 11.7. The molecular formula is C19H22N2O3S. The van der Waals surface area contributed by atoms with Crippen molar-refractivity contribution in [3.63, 3.8) is 0 Å². The molecule has 0 saturated carbocycles. The van der Waals surface area contributed by atoms with E-state index in [-0.39, 0.29) is 16.8 Å². The molecule has 6 heteroatoms. The Hall–Kier alpha value is -2.34. The van der Waals surface area contributed by atoms with Crippen LogP contribution >= 0.6 is 0 Å². The molecule has 1 unspecified atom stereocenters. The number of carbonyl (C=O) groups is 1. The number of nitrogens with one attached hydrogen (secondary N) is 1. The summed E-state index contributed by atoms with van der Waals surface area (Å²) < 4.78 is 28.2. The second kappa shape index (κ2) is 6.19. The van der Waals surface area contributed by atoms with Gasteiger partial charge < -0.3 is 4.90 Å². The Kier molecular flexibility index (Phi) is 4.33. The van der Waals surface area contributed by atoms with E-state index in [1.807, 2.05) is 39.0 Å². The number of anilines is 2. The van der Waals surface area contributed by atoms with Gasteiger partial charge in [-0.3, -0.25) is 9.52 Å². The highest BCUT2D eigenvalue weighted by atomic mass is 32.2. The summed E-state index contributed by atoms with van der Waals surface area (Å²) in [6.07, 6.45) is 0.655. The molecule has 0 aromatic heterocycles. The molecule has 1 N–H and O–H groups in total. The number of hydrogen-bond donors (Lipinski definition) is 1. The van der Waals surface area contributed by atoms with Crippen LogP contribution in [-0.4, -0.2) is 20.4 Å². The molecule has 0 bridgehead atoms. The Morgan fingerprint density at radius 3 is 2.56 bits per heavy atom. The van der Waals surface area contributed by atoms with Crippen molar-refractivity contribution in [2.45, 2.75) is 45.1 Å². The van der Waals surface area contributed by atoms with Gasteiger partial charge in [-0.25, -0.2) is 8.42 Å². The molecule has 1 amide bonds. The van der Waals surface area contributed by atoms with Crippen molar-refractivity contribution < 1.29 is 13.2 Å². The van der Waals surface area contributed by atoms with Crippen LogP contribution in [0.3, 0.4) is 0 Å². The molecule has 2 aromatic carbocycles. The van der Waals surface area contributed by atoms with E-state index in [1.54, 1.807) is 23.1 Å². The van der Waals surface area contributed by atoms with Gasteiger partial charge in [0, 0.05) is 18.7 Å². The maximum atomic E-state index is 12.8. The minimum Gasteiger partial charge on any atom is -0.309 e. The van der Waals surface area contributed by atoms with E-state index in [0.717, 1.165) is 22.4 Å². The Morgan fingerprint density at radius 1 is 1.16 bits per heavy atom. The van der Waals surface area contributed by atoms with Crippen molar-refractivity contribution >= 4 is 27.3 Å². The second-order valence-electron chi connectivity index (χ2n) is 6.66. The zero-order chi connectivity index (χ0) is 18.4. The predicted octanol–water partition coefficient (Wildman–Crippen LogP) is 3.40. The van der Waals surface area contributed by atoms with Crippen LogP contribution in [0.1, 0.15) is 30.5 Å². The summed E-state index contributed by atoms with van der Waals surface area (Å²) in [6, 6.07) is 10.6. The van der Waals surface area contributed by atoms with Gasteiger partial charge in [-0.05, 0) is 68.1 Å². The third kappa shape index (κ3) is 3.26. The van der Waals surface area contributed by atoms with Gasteiger partial charge in [-0.15, -0.1) is 0 Å². The zero-order valence-corrected chi connectivity index (χ0v) is 15.6. The highest BCUT2D eigenvalue weighted by molar-refractivity contribution is 7.92. The number of aryl methyl sites for hydroxylation is 2. The summed E-state index contributed by atoms with van der Waals surface area (Å²) in [6.45, 7) is 7.28. The Labute approximate surface area is 148 Å². The number of carbonyl (C=O) groups excluding carboxylic acids is 1. The van der Waals surface area contributed by atoms with Crippen LogP contribution in [0.25, 0.3) is 0 Å². The average Bonchev–Trinajstić information content (AvgIpc) is 2.85.